The highest BCUT2D eigenvalue weighted by Crippen LogP contribution is 2.23. The first-order chi connectivity index (χ1) is 12.0. The van der Waals surface area contributed by atoms with Gasteiger partial charge in [0.1, 0.15) is 5.69 Å². The predicted octanol–water partition coefficient (Wildman–Crippen LogP) is 2.17. The van der Waals surface area contributed by atoms with Crippen molar-refractivity contribution in [3.63, 3.8) is 0 Å². The lowest BCUT2D eigenvalue weighted by Gasteiger charge is -2.31. The van der Waals surface area contributed by atoms with E-state index in [1.165, 1.54) is 19.2 Å². The standard InChI is InChI=1S/C18H18ClN3O3/c1-21-16(23)9-8-15(20-21)18(25)22-10-2-3-13(11-22)17(24)12-4-6-14(19)7-5-12/h4-9,13H,2-3,10-11H2,1H3/t13-/m0/s1. The third kappa shape index (κ3) is 3.79. The second-order valence-corrected chi connectivity index (χ2v) is 6.58. The fourth-order valence-electron chi connectivity index (χ4n) is 3.00. The number of likely N-dealkylation sites (tertiary alicyclic amines) is 1. The first-order valence-corrected chi connectivity index (χ1v) is 8.47. The van der Waals surface area contributed by atoms with Gasteiger partial charge in [0, 0.05) is 42.7 Å². The molecule has 1 aliphatic heterocycles. The maximum atomic E-state index is 12.7. The lowest BCUT2D eigenvalue weighted by molar-refractivity contribution is 0.0630. The normalized spacial score (nSPS) is 17.4. The lowest BCUT2D eigenvalue weighted by atomic mass is 9.90. The molecule has 1 aromatic heterocycles. The summed E-state index contributed by atoms with van der Waals surface area (Å²) < 4.78 is 1.13. The molecule has 7 heteroatoms. The van der Waals surface area contributed by atoms with E-state index in [0.717, 1.165) is 17.5 Å². The SMILES string of the molecule is Cn1nc(C(=O)N2CCC[C@H](C(=O)c3ccc(Cl)cc3)C2)ccc1=O. The van der Waals surface area contributed by atoms with Crippen molar-refractivity contribution in [3.05, 3.63) is 63.0 Å². The number of ketones is 1. The van der Waals surface area contributed by atoms with Crippen LogP contribution in [0.5, 0.6) is 0 Å². The summed E-state index contributed by atoms with van der Waals surface area (Å²) in [6.45, 7) is 0.929. The molecule has 1 atom stereocenters. The van der Waals surface area contributed by atoms with E-state index in [9.17, 15) is 14.4 Å². The molecule has 0 unspecified atom stereocenters. The van der Waals surface area contributed by atoms with Crippen molar-refractivity contribution in [3.8, 4) is 0 Å². The van der Waals surface area contributed by atoms with Crippen molar-refractivity contribution in [1.82, 2.24) is 14.7 Å². The molecule has 130 valence electrons. The number of carbonyl (C=O) groups is 2. The molecule has 6 nitrogen and oxygen atoms in total. The van der Waals surface area contributed by atoms with E-state index in [1.54, 1.807) is 29.2 Å². The minimum Gasteiger partial charge on any atom is -0.337 e. The number of amides is 1. The van der Waals surface area contributed by atoms with Crippen molar-refractivity contribution in [2.75, 3.05) is 13.1 Å². The number of carbonyl (C=O) groups excluding carboxylic acids is 2. The number of rotatable bonds is 3. The van der Waals surface area contributed by atoms with Gasteiger partial charge in [-0.15, -0.1) is 0 Å². The van der Waals surface area contributed by atoms with E-state index in [-0.39, 0.29) is 28.9 Å². The van der Waals surface area contributed by atoms with E-state index in [0.29, 0.717) is 23.7 Å². The van der Waals surface area contributed by atoms with Crippen LogP contribution >= 0.6 is 11.6 Å². The van der Waals surface area contributed by atoms with Gasteiger partial charge in [-0.25, -0.2) is 4.68 Å². The van der Waals surface area contributed by atoms with Crippen molar-refractivity contribution >= 4 is 23.3 Å². The maximum absolute atomic E-state index is 12.7. The van der Waals surface area contributed by atoms with Crippen LogP contribution in [-0.4, -0.2) is 39.5 Å². The van der Waals surface area contributed by atoms with Crippen LogP contribution in [-0.2, 0) is 7.05 Å². The third-order valence-electron chi connectivity index (χ3n) is 4.39. The average Bonchev–Trinajstić information content (AvgIpc) is 2.63. The molecule has 1 amide bonds. The largest absolute Gasteiger partial charge is 0.337 e. The monoisotopic (exact) mass is 359 g/mol. The van der Waals surface area contributed by atoms with Gasteiger partial charge in [-0.05, 0) is 43.2 Å². The first kappa shape index (κ1) is 17.4. The van der Waals surface area contributed by atoms with E-state index >= 15 is 0 Å². The Morgan fingerprint density at radius 3 is 2.56 bits per heavy atom. The van der Waals surface area contributed by atoms with Crippen LogP contribution in [0.15, 0.2) is 41.2 Å². The van der Waals surface area contributed by atoms with Gasteiger partial charge in [-0.1, -0.05) is 11.6 Å². The Hall–Kier alpha value is -2.47. The zero-order valence-corrected chi connectivity index (χ0v) is 14.6. The molecular formula is C18H18ClN3O3. The highest BCUT2D eigenvalue weighted by atomic mass is 35.5. The summed E-state index contributed by atoms with van der Waals surface area (Å²) in [7, 11) is 1.50. The number of nitrogens with zero attached hydrogens (tertiary/aromatic N) is 3. The molecule has 0 bridgehead atoms. The number of hydrogen-bond acceptors (Lipinski definition) is 4. The number of hydrogen-bond donors (Lipinski definition) is 0. The van der Waals surface area contributed by atoms with E-state index in [2.05, 4.69) is 5.10 Å². The van der Waals surface area contributed by atoms with Crippen molar-refractivity contribution in [1.29, 1.82) is 0 Å². The molecule has 2 aromatic rings. The van der Waals surface area contributed by atoms with Gasteiger partial charge in [0.15, 0.2) is 5.78 Å². The quantitative estimate of drug-likeness (QED) is 0.787. The van der Waals surface area contributed by atoms with Crippen LogP contribution in [0.1, 0.15) is 33.7 Å². The number of halogens is 1. The number of benzene rings is 1. The predicted molar refractivity (Wildman–Crippen MR) is 93.9 cm³/mol. The molecule has 0 spiro atoms. The summed E-state index contributed by atoms with van der Waals surface area (Å²) in [5, 5.41) is 4.58. The number of aryl methyl sites for hydroxylation is 1. The fraction of sp³-hybridized carbons (Fsp3) is 0.333. The first-order valence-electron chi connectivity index (χ1n) is 8.09. The van der Waals surface area contributed by atoms with Gasteiger partial charge >= 0.3 is 0 Å². The van der Waals surface area contributed by atoms with Gasteiger partial charge in [0.2, 0.25) is 0 Å². The topological polar surface area (TPSA) is 72.3 Å². The molecule has 0 N–H and O–H groups in total. The summed E-state index contributed by atoms with van der Waals surface area (Å²) in [5.41, 5.74) is 0.539. The van der Waals surface area contributed by atoms with Gasteiger partial charge in [-0.2, -0.15) is 5.10 Å². The van der Waals surface area contributed by atoms with Gasteiger partial charge in [-0.3, -0.25) is 14.4 Å². The van der Waals surface area contributed by atoms with Crippen LogP contribution in [0.4, 0.5) is 0 Å². The Balaban J connectivity index is 1.75. The van der Waals surface area contributed by atoms with Crippen molar-refractivity contribution in [2.24, 2.45) is 13.0 Å². The molecular weight excluding hydrogens is 342 g/mol. The fourth-order valence-corrected chi connectivity index (χ4v) is 3.13. The Morgan fingerprint density at radius 2 is 1.88 bits per heavy atom. The molecule has 3 rings (SSSR count). The zero-order chi connectivity index (χ0) is 18.0. The lowest BCUT2D eigenvalue weighted by Crippen LogP contribution is -2.43. The van der Waals surface area contributed by atoms with E-state index in [4.69, 9.17) is 11.6 Å². The molecule has 1 saturated heterocycles. The summed E-state index contributed by atoms with van der Waals surface area (Å²) in [6.07, 6.45) is 1.49. The van der Waals surface area contributed by atoms with Crippen LogP contribution in [0.3, 0.4) is 0 Å². The molecule has 0 radical (unpaired) electrons. The molecule has 2 heterocycles. The van der Waals surface area contributed by atoms with Crippen LogP contribution < -0.4 is 5.56 Å². The second kappa shape index (κ2) is 7.19. The van der Waals surface area contributed by atoms with Gasteiger partial charge in [0.05, 0.1) is 0 Å². The van der Waals surface area contributed by atoms with Gasteiger partial charge in [0.25, 0.3) is 11.5 Å². The Morgan fingerprint density at radius 1 is 1.16 bits per heavy atom. The Bertz CT molecular complexity index is 861. The summed E-state index contributed by atoms with van der Waals surface area (Å²) in [5.74, 6) is -0.488. The molecule has 1 aromatic carbocycles. The molecule has 0 saturated carbocycles. The van der Waals surface area contributed by atoms with Crippen LogP contribution in [0.2, 0.25) is 5.02 Å². The second-order valence-electron chi connectivity index (χ2n) is 6.14. The summed E-state index contributed by atoms with van der Waals surface area (Å²) >= 11 is 5.86. The highest BCUT2D eigenvalue weighted by molar-refractivity contribution is 6.30. The smallest absolute Gasteiger partial charge is 0.274 e. The zero-order valence-electron chi connectivity index (χ0n) is 13.8. The molecule has 25 heavy (non-hydrogen) atoms. The number of Topliss-reactive ketones (excluding diaryl/α,β-unsaturated/α-hetero) is 1. The van der Waals surface area contributed by atoms with Crippen molar-refractivity contribution < 1.29 is 9.59 Å². The Labute approximate surface area is 150 Å². The Kier molecular flexibility index (Phi) is 4.99. The highest BCUT2D eigenvalue weighted by Gasteiger charge is 2.30. The molecule has 1 aliphatic rings. The number of aromatic nitrogens is 2. The van der Waals surface area contributed by atoms with E-state index < -0.39 is 0 Å². The van der Waals surface area contributed by atoms with E-state index in [1.807, 2.05) is 0 Å². The minimum atomic E-state index is -0.272. The minimum absolute atomic E-state index is 0.0163. The van der Waals surface area contributed by atoms with Gasteiger partial charge < -0.3 is 4.90 Å². The van der Waals surface area contributed by atoms with Crippen LogP contribution in [0, 0.1) is 5.92 Å². The van der Waals surface area contributed by atoms with Crippen LogP contribution in [0.25, 0.3) is 0 Å². The number of piperidine rings is 1. The third-order valence-corrected chi connectivity index (χ3v) is 4.64. The molecule has 1 fully saturated rings. The summed E-state index contributed by atoms with van der Waals surface area (Å²) in [6, 6.07) is 9.54. The maximum Gasteiger partial charge on any atom is 0.274 e. The average molecular weight is 360 g/mol. The molecule has 0 aliphatic carbocycles. The van der Waals surface area contributed by atoms with Crippen molar-refractivity contribution in [2.45, 2.75) is 12.8 Å². The summed E-state index contributed by atoms with van der Waals surface area (Å²) in [4.78, 5) is 38.4.